The minimum atomic E-state index is 0.488. The normalized spacial score (nSPS) is 31.7. The third kappa shape index (κ3) is 3.58. The van der Waals surface area contributed by atoms with Crippen LogP contribution in [0, 0.1) is 5.92 Å². The molecule has 0 bridgehead atoms. The van der Waals surface area contributed by atoms with Gasteiger partial charge in [0.1, 0.15) is 0 Å². The van der Waals surface area contributed by atoms with Crippen LogP contribution in [0.1, 0.15) is 47.0 Å². The van der Waals surface area contributed by atoms with Gasteiger partial charge in [0.25, 0.3) is 0 Å². The van der Waals surface area contributed by atoms with Gasteiger partial charge in [-0.15, -0.1) is 0 Å². The molecule has 84 valence electrons. The molecule has 14 heavy (non-hydrogen) atoms. The molecule has 4 atom stereocenters. The lowest BCUT2D eigenvalue weighted by Gasteiger charge is -2.23. The van der Waals surface area contributed by atoms with Gasteiger partial charge in [-0.25, -0.2) is 0 Å². The molecule has 1 rings (SSSR count). The first-order valence-electron chi connectivity index (χ1n) is 6.02. The van der Waals surface area contributed by atoms with Crippen molar-refractivity contribution < 1.29 is 4.74 Å². The lowest BCUT2D eigenvalue weighted by molar-refractivity contribution is 0.0394. The fourth-order valence-electron chi connectivity index (χ4n) is 2.20. The minimum Gasteiger partial charge on any atom is -0.375 e. The molecule has 1 aliphatic rings. The molecule has 1 N–H and O–H groups in total. The molecule has 0 amide bonds. The van der Waals surface area contributed by atoms with Crippen molar-refractivity contribution in [1.29, 1.82) is 0 Å². The van der Waals surface area contributed by atoms with E-state index in [1.807, 2.05) is 0 Å². The Labute approximate surface area is 88.4 Å². The molecule has 0 aromatic heterocycles. The summed E-state index contributed by atoms with van der Waals surface area (Å²) in [5.74, 6) is 0.713. The van der Waals surface area contributed by atoms with E-state index < -0.39 is 0 Å². The van der Waals surface area contributed by atoms with Gasteiger partial charge in [0.2, 0.25) is 0 Å². The van der Waals surface area contributed by atoms with Crippen molar-refractivity contribution in [2.24, 2.45) is 5.92 Å². The fourth-order valence-corrected chi connectivity index (χ4v) is 2.20. The summed E-state index contributed by atoms with van der Waals surface area (Å²) >= 11 is 0. The van der Waals surface area contributed by atoms with Gasteiger partial charge >= 0.3 is 0 Å². The van der Waals surface area contributed by atoms with Gasteiger partial charge in [0.05, 0.1) is 12.2 Å². The van der Waals surface area contributed by atoms with Gasteiger partial charge in [-0.3, -0.25) is 0 Å². The van der Waals surface area contributed by atoms with Crippen molar-refractivity contribution in [2.45, 2.75) is 65.2 Å². The average molecular weight is 199 g/mol. The second-order valence-electron chi connectivity index (χ2n) is 4.71. The van der Waals surface area contributed by atoms with Crippen molar-refractivity contribution in [3.8, 4) is 0 Å². The number of hydrogen-bond donors (Lipinski definition) is 1. The lowest BCUT2D eigenvalue weighted by Crippen LogP contribution is -2.33. The van der Waals surface area contributed by atoms with E-state index in [1.165, 1.54) is 19.3 Å². The highest BCUT2D eigenvalue weighted by atomic mass is 16.5. The number of nitrogens with one attached hydrogen (secondary N) is 1. The number of hydrogen-bond acceptors (Lipinski definition) is 2. The molecule has 0 saturated carbocycles. The molecule has 0 radical (unpaired) electrons. The maximum atomic E-state index is 5.83. The van der Waals surface area contributed by atoms with Crippen LogP contribution in [0.15, 0.2) is 0 Å². The first kappa shape index (κ1) is 12.0. The van der Waals surface area contributed by atoms with Gasteiger partial charge in [-0.05, 0) is 45.6 Å². The Morgan fingerprint density at radius 1 is 1.36 bits per heavy atom. The van der Waals surface area contributed by atoms with Crippen molar-refractivity contribution in [2.75, 3.05) is 6.54 Å². The summed E-state index contributed by atoms with van der Waals surface area (Å²) in [6, 6.07) is 0.611. The summed E-state index contributed by atoms with van der Waals surface area (Å²) in [7, 11) is 0. The summed E-state index contributed by atoms with van der Waals surface area (Å²) in [5.41, 5.74) is 0. The third-order valence-corrected chi connectivity index (χ3v) is 3.33. The van der Waals surface area contributed by atoms with Crippen LogP contribution in [0.2, 0.25) is 0 Å². The Bertz CT molecular complexity index is 160. The molecular weight excluding hydrogens is 174 g/mol. The summed E-state index contributed by atoms with van der Waals surface area (Å²) in [6.07, 6.45) is 4.71. The van der Waals surface area contributed by atoms with Gasteiger partial charge in [0, 0.05) is 6.04 Å². The van der Waals surface area contributed by atoms with Gasteiger partial charge < -0.3 is 10.1 Å². The molecule has 2 heteroatoms. The Balaban J connectivity index is 2.22. The Kier molecular flexibility index (Phi) is 4.90. The van der Waals surface area contributed by atoms with E-state index in [9.17, 15) is 0 Å². The standard InChI is InChI=1S/C12H25NO/c1-5-13-11(4)9(2)8-12-7-6-10(3)14-12/h9-13H,5-8H2,1-4H3. The van der Waals surface area contributed by atoms with Crippen LogP contribution in [0.25, 0.3) is 0 Å². The van der Waals surface area contributed by atoms with Crippen molar-refractivity contribution in [1.82, 2.24) is 5.32 Å². The van der Waals surface area contributed by atoms with Crippen LogP contribution in [-0.2, 0) is 4.74 Å². The fraction of sp³-hybridized carbons (Fsp3) is 1.00. The molecule has 1 saturated heterocycles. The van der Waals surface area contributed by atoms with E-state index in [1.54, 1.807) is 0 Å². The number of ether oxygens (including phenoxy) is 1. The van der Waals surface area contributed by atoms with Gasteiger partial charge in [-0.1, -0.05) is 13.8 Å². The van der Waals surface area contributed by atoms with Crippen molar-refractivity contribution >= 4 is 0 Å². The quantitative estimate of drug-likeness (QED) is 0.735. The van der Waals surface area contributed by atoms with Gasteiger partial charge in [-0.2, -0.15) is 0 Å². The molecular formula is C12H25NO. The maximum Gasteiger partial charge on any atom is 0.0582 e. The predicted molar refractivity (Wildman–Crippen MR) is 60.5 cm³/mol. The van der Waals surface area contributed by atoms with E-state index in [-0.39, 0.29) is 0 Å². The highest BCUT2D eigenvalue weighted by Crippen LogP contribution is 2.25. The second-order valence-corrected chi connectivity index (χ2v) is 4.71. The molecule has 2 nitrogen and oxygen atoms in total. The Morgan fingerprint density at radius 3 is 2.57 bits per heavy atom. The van der Waals surface area contributed by atoms with Crippen molar-refractivity contribution in [3.05, 3.63) is 0 Å². The van der Waals surface area contributed by atoms with Crippen LogP contribution in [0.5, 0.6) is 0 Å². The monoisotopic (exact) mass is 199 g/mol. The maximum absolute atomic E-state index is 5.83. The zero-order valence-electron chi connectivity index (χ0n) is 10.0. The van der Waals surface area contributed by atoms with E-state index >= 15 is 0 Å². The van der Waals surface area contributed by atoms with E-state index in [4.69, 9.17) is 4.74 Å². The third-order valence-electron chi connectivity index (χ3n) is 3.33. The van der Waals surface area contributed by atoms with Gasteiger partial charge in [0.15, 0.2) is 0 Å². The van der Waals surface area contributed by atoms with Crippen LogP contribution < -0.4 is 5.32 Å². The first-order chi connectivity index (χ1) is 6.63. The average Bonchev–Trinajstić information content (AvgIpc) is 2.51. The molecule has 4 unspecified atom stereocenters. The highest BCUT2D eigenvalue weighted by molar-refractivity contribution is 4.76. The molecule has 0 spiro atoms. The molecule has 1 heterocycles. The summed E-state index contributed by atoms with van der Waals surface area (Å²) < 4.78 is 5.83. The molecule has 1 aliphatic heterocycles. The Hall–Kier alpha value is -0.0800. The second kappa shape index (κ2) is 5.72. The van der Waals surface area contributed by atoms with E-state index in [0.717, 1.165) is 6.54 Å². The smallest absolute Gasteiger partial charge is 0.0582 e. The topological polar surface area (TPSA) is 21.3 Å². The summed E-state index contributed by atoms with van der Waals surface area (Å²) in [5, 5.41) is 3.47. The lowest BCUT2D eigenvalue weighted by atomic mass is 9.95. The van der Waals surface area contributed by atoms with Crippen molar-refractivity contribution in [3.63, 3.8) is 0 Å². The van der Waals surface area contributed by atoms with Crippen LogP contribution in [-0.4, -0.2) is 24.8 Å². The molecule has 0 aromatic rings. The Morgan fingerprint density at radius 2 is 2.07 bits per heavy atom. The van der Waals surface area contributed by atoms with Crippen LogP contribution in [0.4, 0.5) is 0 Å². The van der Waals surface area contributed by atoms with Crippen LogP contribution >= 0.6 is 0 Å². The van der Waals surface area contributed by atoms with E-state index in [2.05, 4.69) is 33.0 Å². The van der Waals surface area contributed by atoms with Crippen LogP contribution in [0.3, 0.4) is 0 Å². The molecule has 0 aromatic carbocycles. The number of rotatable bonds is 5. The largest absolute Gasteiger partial charge is 0.375 e. The summed E-state index contributed by atoms with van der Waals surface area (Å²) in [4.78, 5) is 0. The predicted octanol–water partition coefficient (Wildman–Crippen LogP) is 2.58. The zero-order valence-corrected chi connectivity index (χ0v) is 10.0. The van der Waals surface area contributed by atoms with E-state index in [0.29, 0.717) is 24.2 Å². The summed E-state index contributed by atoms with van der Waals surface area (Å²) in [6.45, 7) is 10.00. The molecule has 0 aliphatic carbocycles. The first-order valence-corrected chi connectivity index (χ1v) is 6.02. The highest BCUT2D eigenvalue weighted by Gasteiger charge is 2.24. The zero-order chi connectivity index (χ0) is 10.6. The SMILES string of the molecule is CCNC(C)C(C)CC1CCC(C)O1. The minimum absolute atomic E-state index is 0.488. The molecule has 1 fully saturated rings.